The van der Waals surface area contributed by atoms with Gasteiger partial charge in [0, 0.05) is 32.1 Å². The summed E-state index contributed by atoms with van der Waals surface area (Å²) in [6, 6.07) is 7.88. The van der Waals surface area contributed by atoms with Crippen LogP contribution in [0.15, 0.2) is 29.4 Å². The van der Waals surface area contributed by atoms with Crippen molar-refractivity contribution in [1.82, 2.24) is 5.32 Å². The third-order valence-electron chi connectivity index (χ3n) is 6.24. The zero-order valence-electron chi connectivity index (χ0n) is 16.7. The molecule has 1 N–H and O–H groups in total. The Kier molecular flexibility index (Phi) is 5.66. The zero-order chi connectivity index (χ0) is 20.5. The van der Waals surface area contributed by atoms with E-state index in [1.54, 1.807) is 0 Å². The predicted molar refractivity (Wildman–Crippen MR) is 110 cm³/mol. The number of ether oxygens (including phenoxy) is 1. The highest BCUT2D eigenvalue weighted by Crippen LogP contribution is 2.39. The minimum atomic E-state index is -3.04. The van der Waals surface area contributed by atoms with E-state index < -0.39 is 15.3 Å². The average molecular weight is 421 g/mol. The Morgan fingerprint density at radius 3 is 2.62 bits per heavy atom. The summed E-state index contributed by atoms with van der Waals surface area (Å²) in [5.74, 6) is 0.106. The summed E-state index contributed by atoms with van der Waals surface area (Å²) in [5, 5.41) is 7.27. The van der Waals surface area contributed by atoms with Crippen LogP contribution in [0.3, 0.4) is 0 Å². The highest BCUT2D eigenvalue weighted by atomic mass is 32.2. The lowest BCUT2D eigenvalue weighted by atomic mass is 9.74. The van der Waals surface area contributed by atoms with Crippen LogP contribution in [0.1, 0.15) is 43.2 Å². The molecule has 3 aliphatic heterocycles. The Balaban J connectivity index is 1.42. The molecular formula is C21H28N2O5S. The van der Waals surface area contributed by atoms with Crippen LogP contribution in [-0.2, 0) is 24.2 Å². The van der Waals surface area contributed by atoms with E-state index in [9.17, 15) is 13.2 Å². The molecule has 3 aliphatic rings. The van der Waals surface area contributed by atoms with Crippen molar-refractivity contribution in [3.05, 3.63) is 35.4 Å². The number of aryl methyl sites for hydroxylation is 1. The lowest BCUT2D eigenvalue weighted by Gasteiger charge is -2.37. The van der Waals surface area contributed by atoms with E-state index in [0.29, 0.717) is 45.3 Å². The maximum atomic E-state index is 13.2. The van der Waals surface area contributed by atoms with E-state index >= 15 is 0 Å². The van der Waals surface area contributed by atoms with E-state index in [2.05, 4.69) is 10.5 Å². The Morgan fingerprint density at radius 1 is 1.24 bits per heavy atom. The fraction of sp³-hybridized carbons (Fsp3) is 0.619. The quantitative estimate of drug-likeness (QED) is 0.786. The molecule has 2 fully saturated rings. The normalized spacial score (nSPS) is 27.8. The second-order valence-electron chi connectivity index (χ2n) is 8.51. The van der Waals surface area contributed by atoms with Gasteiger partial charge in [0.1, 0.15) is 6.10 Å². The van der Waals surface area contributed by atoms with E-state index in [1.807, 2.05) is 31.2 Å². The molecule has 0 radical (unpaired) electrons. The number of hydrogen-bond donors (Lipinski definition) is 1. The van der Waals surface area contributed by atoms with Crippen molar-refractivity contribution >= 4 is 21.5 Å². The van der Waals surface area contributed by atoms with Gasteiger partial charge in [0.2, 0.25) is 5.91 Å². The molecule has 2 atom stereocenters. The van der Waals surface area contributed by atoms with Crippen molar-refractivity contribution in [2.45, 2.75) is 51.2 Å². The van der Waals surface area contributed by atoms with Crippen molar-refractivity contribution in [2.75, 3.05) is 24.7 Å². The number of sulfone groups is 1. The van der Waals surface area contributed by atoms with E-state index in [0.717, 1.165) is 11.3 Å². The molecular weight excluding hydrogens is 392 g/mol. The summed E-state index contributed by atoms with van der Waals surface area (Å²) in [6.07, 6.45) is 2.76. The minimum absolute atomic E-state index is 0.0337. The van der Waals surface area contributed by atoms with E-state index in [4.69, 9.17) is 9.57 Å². The average Bonchev–Trinajstić information content (AvgIpc) is 3.29. The number of carbonyl (C=O) groups is 1. The highest BCUT2D eigenvalue weighted by Gasteiger charge is 2.45. The Hall–Kier alpha value is -1.93. The summed E-state index contributed by atoms with van der Waals surface area (Å²) in [4.78, 5) is 18.9. The molecule has 0 unspecified atom stereocenters. The van der Waals surface area contributed by atoms with Crippen molar-refractivity contribution in [2.24, 2.45) is 10.6 Å². The molecule has 8 heteroatoms. The summed E-state index contributed by atoms with van der Waals surface area (Å²) in [5.41, 5.74) is 2.53. The van der Waals surface area contributed by atoms with Crippen LogP contribution in [0.4, 0.5) is 0 Å². The molecule has 3 heterocycles. The first-order valence-corrected chi connectivity index (χ1v) is 12.1. The molecule has 0 aliphatic carbocycles. The first-order chi connectivity index (χ1) is 13.9. The van der Waals surface area contributed by atoms with Crippen LogP contribution in [0.2, 0.25) is 0 Å². The first-order valence-electron chi connectivity index (χ1n) is 10.2. The molecule has 0 aromatic heterocycles. The van der Waals surface area contributed by atoms with E-state index in [-0.39, 0.29) is 29.6 Å². The fourth-order valence-corrected chi connectivity index (χ4v) is 6.10. The smallest absolute Gasteiger partial charge is 0.226 e. The molecule has 1 amide bonds. The first kappa shape index (κ1) is 20.3. The third kappa shape index (κ3) is 4.64. The van der Waals surface area contributed by atoms with Gasteiger partial charge in [-0.25, -0.2) is 8.42 Å². The van der Waals surface area contributed by atoms with Gasteiger partial charge in [-0.1, -0.05) is 35.0 Å². The summed E-state index contributed by atoms with van der Waals surface area (Å²) in [6.45, 7) is 3.09. The molecule has 0 bridgehead atoms. The monoisotopic (exact) mass is 420 g/mol. The molecule has 158 valence electrons. The molecule has 29 heavy (non-hydrogen) atoms. The minimum Gasteiger partial charge on any atom is -0.392 e. The Morgan fingerprint density at radius 2 is 1.97 bits per heavy atom. The topological polar surface area (TPSA) is 94.1 Å². The summed E-state index contributed by atoms with van der Waals surface area (Å²) < 4.78 is 29.0. The van der Waals surface area contributed by atoms with Crippen molar-refractivity contribution < 1.29 is 22.8 Å². The Labute approximate surface area is 171 Å². The molecule has 0 saturated carbocycles. The number of rotatable bonds is 5. The molecule has 1 aromatic carbocycles. The lowest BCUT2D eigenvalue weighted by Crippen LogP contribution is -2.50. The molecule has 0 spiro atoms. The number of hydrogen-bond acceptors (Lipinski definition) is 6. The maximum absolute atomic E-state index is 13.2. The van der Waals surface area contributed by atoms with Gasteiger partial charge in [-0.2, -0.15) is 0 Å². The van der Waals surface area contributed by atoms with Crippen molar-refractivity contribution in [3.8, 4) is 0 Å². The standard InChI is InChI=1S/C21H28N2O5S/c1-15-2-4-16(5-3-15)19-12-18(28-23-19)13-21(7-9-27-10-8-21)20(24)22-17-6-11-29(25,26)14-17/h2-5,17-18H,6-14H2,1H3,(H,22,24)/t17-,18-/m1/s1. The number of nitrogens with one attached hydrogen (secondary N) is 1. The van der Waals surface area contributed by atoms with Crippen molar-refractivity contribution in [1.29, 1.82) is 0 Å². The van der Waals surface area contributed by atoms with Gasteiger partial charge >= 0.3 is 0 Å². The summed E-state index contributed by atoms with van der Waals surface area (Å²) >= 11 is 0. The molecule has 4 rings (SSSR count). The van der Waals surface area contributed by atoms with Gasteiger partial charge in [0.15, 0.2) is 9.84 Å². The number of carbonyl (C=O) groups excluding carboxylic acids is 1. The third-order valence-corrected chi connectivity index (χ3v) is 8.00. The number of oxime groups is 1. The van der Waals surface area contributed by atoms with Gasteiger partial charge in [-0.3, -0.25) is 4.79 Å². The van der Waals surface area contributed by atoms with Crippen LogP contribution >= 0.6 is 0 Å². The zero-order valence-corrected chi connectivity index (χ0v) is 17.5. The van der Waals surface area contributed by atoms with Gasteiger partial charge in [-0.15, -0.1) is 0 Å². The number of benzene rings is 1. The van der Waals surface area contributed by atoms with Crippen molar-refractivity contribution in [3.63, 3.8) is 0 Å². The Bertz CT molecular complexity index is 888. The second kappa shape index (κ2) is 8.07. The van der Waals surface area contributed by atoms with Gasteiger partial charge in [0.25, 0.3) is 0 Å². The summed E-state index contributed by atoms with van der Waals surface area (Å²) in [7, 11) is -3.04. The number of amides is 1. The largest absolute Gasteiger partial charge is 0.392 e. The molecule has 1 aromatic rings. The highest BCUT2D eigenvalue weighted by molar-refractivity contribution is 7.91. The molecule has 2 saturated heterocycles. The van der Waals surface area contributed by atoms with Crippen LogP contribution in [-0.4, -0.2) is 56.9 Å². The predicted octanol–water partition coefficient (Wildman–Crippen LogP) is 1.98. The van der Waals surface area contributed by atoms with E-state index in [1.165, 1.54) is 5.56 Å². The maximum Gasteiger partial charge on any atom is 0.226 e. The fourth-order valence-electron chi connectivity index (χ4n) is 4.42. The van der Waals surface area contributed by atoms with Gasteiger partial charge in [-0.05, 0) is 31.7 Å². The van der Waals surface area contributed by atoms with Crippen LogP contribution < -0.4 is 5.32 Å². The van der Waals surface area contributed by atoms with Gasteiger partial charge in [0.05, 0.1) is 22.6 Å². The SMILES string of the molecule is Cc1ccc(C2=NO[C@@H](CC3(C(=O)N[C@@H]4CCS(=O)(=O)C4)CCOCC3)C2)cc1. The lowest BCUT2D eigenvalue weighted by molar-refractivity contribution is -0.140. The van der Waals surface area contributed by atoms with Crippen LogP contribution in [0.25, 0.3) is 0 Å². The number of nitrogens with zero attached hydrogens (tertiary/aromatic N) is 1. The van der Waals surface area contributed by atoms with Gasteiger partial charge < -0.3 is 14.9 Å². The van der Waals surface area contributed by atoms with Crippen LogP contribution in [0.5, 0.6) is 0 Å². The molecule has 7 nitrogen and oxygen atoms in total. The van der Waals surface area contributed by atoms with Crippen LogP contribution in [0, 0.1) is 12.3 Å². The second-order valence-corrected chi connectivity index (χ2v) is 10.7.